The second kappa shape index (κ2) is 12.0. The van der Waals surface area contributed by atoms with E-state index in [0.29, 0.717) is 42.5 Å². The smallest absolute Gasteiger partial charge is 0.270 e. The van der Waals surface area contributed by atoms with Crippen molar-refractivity contribution in [2.24, 2.45) is 0 Å². The van der Waals surface area contributed by atoms with E-state index >= 15 is 0 Å². The highest BCUT2D eigenvalue weighted by Gasteiger charge is 2.19. The first-order valence-electron chi connectivity index (χ1n) is 10.9. The summed E-state index contributed by atoms with van der Waals surface area (Å²) >= 11 is 7.72. The number of nitrogens with one attached hydrogen (secondary N) is 1. The first-order chi connectivity index (χ1) is 15.9. The van der Waals surface area contributed by atoms with E-state index in [1.165, 1.54) is 11.3 Å². The van der Waals surface area contributed by atoms with Crippen LogP contribution in [0.3, 0.4) is 0 Å². The van der Waals surface area contributed by atoms with Crippen LogP contribution < -0.4 is 5.32 Å². The van der Waals surface area contributed by atoms with Crippen molar-refractivity contribution >= 4 is 34.8 Å². The molecule has 0 saturated heterocycles. The van der Waals surface area contributed by atoms with E-state index in [1.807, 2.05) is 61.3 Å². The highest BCUT2D eigenvalue weighted by molar-refractivity contribution is 7.09. The Bertz CT molecular complexity index is 1080. The fourth-order valence-corrected chi connectivity index (χ4v) is 4.38. The Hall–Kier alpha value is -2.68. The molecule has 0 saturated carbocycles. The van der Waals surface area contributed by atoms with Crippen LogP contribution in [0.25, 0.3) is 0 Å². The molecule has 0 aliphatic heterocycles. The van der Waals surface area contributed by atoms with Gasteiger partial charge in [0, 0.05) is 36.9 Å². The van der Waals surface area contributed by atoms with Crippen molar-refractivity contribution in [3.05, 3.63) is 75.0 Å². The maximum absolute atomic E-state index is 13.1. The molecule has 2 heterocycles. The van der Waals surface area contributed by atoms with Gasteiger partial charge in [-0.3, -0.25) is 9.59 Å². The van der Waals surface area contributed by atoms with Gasteiger partial charge >= 0.3 is 0 Å². The van der Waals surface area contributed by atoms with Crippen LogP contribution in [0.5, 0.6) is 0 Å². The molecule has 176 valence electrons. The fraction of sp³-hybridized carbons (Fsp3) is 0.375. The first kappa shape index (κ1) is 25.0. The molecule has 0 radical (unpaired) electrons. The van der Waals surface area contributed by atoms with Crippen molar-refractivity contribution in [1.29, 1.82) is 0 Å². The topological polar surface area (TPSA) is 70.5 Å². The molecule has 0 spiro atoms. The number of carbonyl (C=O) groups is 2. The number of rotatable bonds is 11. The summed E-state index contributed by atoms with van der Waals surface area (Å²) < 4.78 is 2.06. The second-order valence-corrected chi connectivity index (χ2v) is 9.37. The lowest BCUT2D eigenvalue weighted by Crippen LogP contribution is -2.32. The maximum atomic E-state index is 13.1. The molecule has 0 bridgehead atoms. The van der Waals surface area contributed by atoms with Gasteiger partial charge in [-0.15, -0.1) is 11.3 Å². The number of aromatic nitrogens is 2. The Morgan fingerprint density at radius 3 is 2.67 bits per heavy atom. The molecule has 0 fully saturated rings. The predicted octanol–water partition coefficient (Wildman–Crippen LogP) is 3.99. The van der Waals surface area contributed by atoms with E-state index in [2.05, 4.69) is 14.9 Å². The number of halogens is 1. The molecule has 2 aromatic heterocycles. The minimum atomic E-state index is -0.161. The van der Waals surface area contributed by atoms with E-state index < -0.39 is 0 Å². The number of thiazole rings is 1. The van der Waals surface area contributed by atoms with E-state index in [0.717, 1.165) is 23.7 Å². The molecule has 1 aromatic carbocycles. The molecule has 0 atom stereocenters. The standard InChI is InChI=1S/C24H30ClN5O2S/c1-4-12-30(24(32)19-9-5-6-10-20(19)25)15-18-8-7-13-29(18)16-22-27-21(17-33-22)23(31)26-11-14-28(2)3/h5-10,13,17H,4,11-12,14-16H2,1-3H3,(H,26,31). The van der Waals surface area contributed by atoms with Crippen LogP contribution in [0.4, 0.5) is 0 Å². The first-order valence-corrected chi connectivity index (χ1v) is 12.2. The third kappa shape index (κ3) is 6.90. The lowest BCUT2D eigenvalue weighted by molar-refractivity contribution is 0.0739. The van der Waals surface area contributed by atoms with Crippen LogP contribution in [-0.2, 0) is 13.1 Å². The van der Waals surface area contributed by atoms with E-state index in [4.69, 9.17) is 11.6 Å². The summed E-state index contributed by atoms with van der Waals surface area (Å²) in [4.78, 5) is 33.8. The largest absolute Gasteiger partial charge is 0.349 e. The van der Waals surface area contributed by atoms with E-state index in [9.17, 15) is 9.59 Å². The normalized spacial score (nSPS) is 11.1. The third-order valence-electron chi connectivity index (χ3n) is 5.10. The summed E-state index contributed by atoms with van der Waals surface area (Å²) in [7, 11) is 3.93. The molecule has 3 aromatic rings. The van der Waals surface area contributed by atoms with Crippen molar-refractivity contribution in [3.8, 4) is 0 Å². The van der Waals surface area contributed by atoms with Gasteiger partial charge in [0.15, 0.2) is 0 Å². The Kier molecular flexibility index (Phi) is 9.05. The van der Waals surface area contributed by atoms with Crippen LogP contribution in [0.15, 0.2) is 48.0 Å². The zero-order valence-electron chi connectivity index (χ0n) is 19.3. The summed E-state index contributed by atoms with van der Waals surface area (Å²) in [6.07, 6.45) is 2.81. The van der Waals surface area contributed by atoms with Gasteiger partial charge in [-0.1, -0.05) is 30.7 Å². The molecular formula is C24H30ClN5O2S. The summed E-state index contributed by atoms with van der Waals surface area (Å²) in [6.45, 7) is 5.03. The SMILES string of the molecule is CCCN(Cc1cccn1Cc1nc(C(=O)NCCN(C)C)cs1)C(=O)c1ccccc1Cl. The van der Waals surface area contributed by atoms with Crippen molar-refractivity contribution in [1.82, 2.24) is 24.7 Å². The number of nitrogens with zero attached hydrogens (tertiary/aromatic N) is 4. The minimum absolute atomic E-state index is 0.0823. The summed E-state index contributed by atoms with van der Waals surface area (Å²) in [5.74, 6) is -0.243. The van der Waals surface area contributed by atoms with Gasteiger partial charge < -0.3 is 19.7 Å². The number of hydrogen-bond donors (Lipinski definition) is 1. The van der Waals surface area contributed by atoms with Gasteiger partial charge in [-0.05, 0) is 44.8 Å². The van der Waals surface area contributed by atoms with Crippen molar-refractivity contribution in [2.45, 2.75) is 26.4 Å². The van der Waals surface area contributed by atoms with Crippen molar-refractivity contribution < 1.29 is 9.59 Å². The Labute approximate surface area is 204 Å². The van der Waals surface area contributed by atoms with Gasteiger partial charge in [0.1, 0.15) is 10.7 Å². The zero-order chi connectivity index (χ0) is 23.8. The lowest BCUT2D eigenvalue weighted by atomic mass is 10.2. The number of carbonyl (C=O) groups excluding carboxylic acids is 2. The predicted molar refractivity (Wildman–Crippen MR) is 133 cm³/mol. The van der Waals surface area contributed by atoms with E-state index in [1.54, 1.807) is 17.5 Å². The van der Waals surface area contributed by atoms with Crippen LogP contribution in [0.2, 0.25) is 5.02 Å². The molecule has 0 aliphatic carbocycles. The molecule has 3 rings (SSSR count). The quantitative estimate of drug-likeness (QED) is 0.444. The second-order valence-electron chi connectivity index (χ2n) is 8.02. The summed E-state index contributed by atoms with van der Waals surface area (Å²) in [5, 5.41) is 5.97. The summed E-state index contributed by atoms with van der Waals surface area (Å²) in [5.41, 5.74) is 1.94. The molecule has 1 N–H and O–H groups in total. The molecule has 7 nitrogen and oxygen atoms in total. The van der Waals surface area contributed by atoms with Crippen molar-refractivity contribution in [3.63, 3.8) is 0 Å². The third-order valence-corrected chi connectivity index (χ3v) is 6.26. The highest BCUT2D eigenvalue weighted by Crippen LogP contribution is 2.20. The Morgan fingerprint density at radius 1 is 1.15 bits per heavy atom. The van der Waals surface area contributed by atoms with Crippen LogP contribution in [-0.4, -0.2) is 64.9 Å². The lowest BCUT2D eigenvalue weighted by Gasteiger charge is -2.23. The molecule has 9 heteroatoms. The highest BCUT2D eigenvalue weighted by atomic mass is 35.5. The average Bonchev–Trinajstić information content (AvgIpc) is 3.43. The van der Waals surface area contributed by atoms with Gasteiger partial charge in [0.2, 0.25) is 0 Å². The number of benzene rings is 1. The van der Waals surface area contributed by atoms with Gasteiger partial charge in [0.05, 0.1) is 23.7 Å². The average molecular weight is 488 g/mol. The van der Waals surface area contributed by atoms with Gasteiger partial charge in [-0.2, -0.15) is 0 Å². The minimum Gasteiger partial charge on any atom is -0.349 e. The fourth-order valence-electron chi connectivity index (χ4n) is 3.39. The number of hydrogen-bond acceptors (Lipinski definition) is 5. The van der Waals surface area contributed by atoms with Crippen LogP contribution >= 0.6 is 22.9 Å². The summed E-state index contributed by atoms with van der Waals surface area (Å²) in [6, 6.07) is 11.1. The molecular weight excluding hydrogens is 458 g/mol. The zero-order valence-corrected chi connectivity index (χ0v) is 20.8. The van der Waals surface area contributed by atoms with E-state index in [-0.39, 0.29) is 11.8 Å². The van der Waals surface area contributed by atoms with Gasteiger partial charge in [-0.25, -0.2) is 4.98 Å². The Balaban J connectivity index is 1.68. The molecule has 33 heavy (non-hydrogen) atoms. The molecule has 2 amide bonds. The molecule has 0 aliphatic rings. The van der Waals surface area contributed by atoms with Gasteiger partial charge in [0.25, 0.3) is 11.8 Å². The number of amides is 2. The monoisotopic (exact) mass is 487 g/mol. The van der Waals surface area contributed by atoms with Crippen LogP contribution in [0.1, 0.15) is 44.9 Å². The van der Waals surface area contributed by atoms with Crippen molar-refractivity contribution in [2.75, 3.05) is 33.7 Å². The van der Waals surface area contributed by atoms with Crippen LogP contribution in [0, 0.1) is 0 Å². The Morgan fingerprint density at radius 2 is 1.94 bits per heavy atom. The maximum Gasteiger partial charge on any atom is 0.270 e. The number of likely N-dealkylation sites (N-methyl/N-ethyl adjacent to an activating group) is 1. The molecule has 0 unspecified atom stereocenters.